The second-order valence-electron chi connectivity index (χ2n) is 9.64. The zero-order valence-electron chi connectivity index (χ0n) is 20.9. The van der Waals surface area contributed by atoms with E-state index in [-0.39, 0.29) is 0 Å². The lowest BCUT2D eigenvalue weighted by molar-refractivity contribution is 1.25. The van der Waals surface area contributed by atoms with Gasteiger partial charge in [-0.15, -0.1) is 11.3 Å². The third-order valence-corrected chi connectivity index (χ3v) is 8.54. The van der Waals surface area contributed by atoms with E-state index in [1.54, 1.807) is 6.20 Å². The zero-order valence-corrected chi connectivity index (χ0v) is 21.7. The topological polar surface area (TPSA) is 38.7 Å². The summed E-state index contributed by atoms with van der Waals surface area (Å²) in [5.74, 6) is 0. The molecule has 0 unspecified atom stereocenters. The molecule has 0 aliphatic carbocycles. The molecule has 0 aliphatic heterocycles. The van der Waals surface area contributed by atoms with Crippen molar-refractivity contribution in [2.24, 2.45) is 0 Å². The zero-order chi connectivity index (χ0) is 25.8. The lowest BCUT2D eigenvalue weighted by Crippen LogP contribution is -1.91. The maximum atomic E-state index is 5.17. The van der Waals surface area contributed by atoms with Gasteiger partial charge in [0.2, 0.25) is 0 Å². The average Bonchev–Trinajstić information content (AvgIpc) is 3.40. The van der Waals surface area contributed by atoms with Gasteiger partial charge < -0.3 is 0 Å². The molecule has 0 amide bonds. The number of hydrogen-bond acceptors (Lipinski definition) is 4. The lowest BCUT2D eigenvalue weighted by Gasteiger charge is -2.12. The van der Waals surface area contributed by atoms with Crippen molar-refractivity contribution in [3.63, 3.8) is 0 Å². The molecular weight excluding hydrogens is 494 g/mol. The van der Waals surface area contributed by atoms with Crippen LogP contribution in [0.15, 0.2) is 128 Å². The predicted molar refractivity (Wildman–Crippen MR) is 164 cm³/mol. The number of thiophene rings is 1. The summed E-state index contributed by atoms with van der Waals surface area (Å²) in [6.45, 7) is 0. The first-order valence-corrected chi connectivity index (χ1v) is 13.8. The van der Waals surface area contributed by atoms with E-state index in [1.165, 1.54) is 36.3 Å². The van der Waals surface area contributed by atoms with Gasteiger partial charge in [-0.25, -0.2) is 9.97 Å². The van der Waals surface area contributed by atoms with Gasteiger partial charge >= 0.3 is 0 Å². The van der Waals surface area contributed by atoms with Crippen molar-refractivity contribution in [3.8, 4) is 33.9 Å². The molecule has 0 atom stereocenters. The number of para-hydroxylation sites is 1. The van der Waals surface area contributed by atoms with E-state index < -0.39 is 0 Å². The standard InChI is InChI=1S/C35H21N3S/c1-3-10-29-26(9-1)33-27(20-19-25-24-8-2-4-14-32(24)39-35(25)33)34(38-29)23-17-15-22(16-18-23)28-12-7-13-31(37-28)30-11-5-6-21-36-30/h1-21H. The highest BCUT2D eigenvalue weighted by molar-refractivity contribution is 7.26. The van der Waals surface area contributed by atoms with Gasteiger partial charge in [-0.2, -0.15) is 0 Å². The van der Waals surface area contributed by atoms with E-state index >= 15 is 0 Å². The average molecular weight is 516 g/mol. The van der Waals surface area contributed by atoms with Crippen LogP contribution in [-0.4, -0.2) is 15.0 Å². The number of pyridine rings is 3. The van der Waals surface area contributed by atoms with Crippen molar-refractivity contribution in [3.05, 3.63) is 128 Å². The largest absolute Gasteiger partial charge is 0.255 e. The van der Waals surface area contributed by atoms with Crippen LogP contribution in [0.2, 0.25) is 0 Å². The Balaban J connectivity index is 1.30. The number of aromatic nitrogens is 3. The minimum absolute atomic E-state index is 0.867. The molecule has 39 heavy (non-hydrogen) atoms. The Morgan fingerprint density at radius 3 is 2.05 bits per heavy atom. The number of fused-ring (bicyclic) bond motifs is 7. The van der Waals surface area contributed by atoms with Crippen LogP contribution in [0.3, 0.4) is 0 Å². The van der Waals surface area contributed by atoms with Crippen molar-refractivity contribution in [1.82, 2.24) is 15.0 Å². The monoisotopic (exact) mass is 515 g/mol. The quantitative estimate of drug-likeness (QED) is 0.220. The summed E-state index contributed by atoms with van der Waals surface area (Å²) in [5.41, 5.74) is 6.84. The SMILES string of the molecule is c1ccc(-c2cccc(-c3ccc(-c4nc5ccccc5c5c4ccc4c6ccccc6sc45)cc3)n2)nc1. The number of rotatable bonds is 3. The normalized spacial score (nSPS) is 11.6. The first kappa shape index (κ1) is 22.1. The summed E-state index contributed by atoms with van der Waals surface area (Å²) >= 11 is 1.87. The van der Waals surface area contributed by atoms with E-state index in [4.69, 9.17) is 9.97 Å². The van der Waals surface area contributed by atoms with Gasteiger partial charge in [-0.3, -0.25) is 4.98 Å². The van der Waals surface area contributed by atoms with E-state index in [1.807, 2.05) is 47.7 Å². The molecule has 4 heteroatoms. The molecule has 0 saturated carbocycles. The number of benzene rings is 4. The van der Waals surface area contributed by atoms with Crippen molar-refractivity contribution >= 4 is 53.2 Å². The van der Waals surface area contributed by atoms with Crippen LogP contribution >= 0.6 is 11.3 Å². The van der Waals surface area contributed by atoms with Crippen LogP contribution in [0.4, 0.5) is 0 Å². The van der Waals surface area contributed by atoms with E-state index in [0.29, 0.717) is 0 Å². The molecule has 8 rings (SSSR count). The fraction of sp³-hybridized carbons (Fsp3) is 0. The molecule has 0 bridgehead atoms. The molecule has 0 spiro atoms. The maximum absolute atomic E-state index is 5.17. The highest BCUT2D eigenvalue weighted by atomic mass is 32.1. The Morgan fingerprint density at radius 1 is 0.462 bits per heavy atom. The summed E-state index contributed by atoms with van der Waals surface area (Å²) in [6, 6.07) is 42.3. The third-order valence-electron chi connectivity index (χ3n) is 7.34. The number of nitrogens with zero attached hydrogens (tertiary/aromatic N) is 3. The molecule has 4 aromatic heterocycles. The van der Waals surface area contributed by atoms with Crippen LogP contribution in [0.5, 0.6) is 0 Å². The molecule has 4 aromatic carbocycles. The van der Waals surface area contributed by atoms with Gasteiger partial charge in [-0.05, 0) is 36.4 Å². The third kappa shape index (κ3) is 3.61. The Bertz CT molecular complexity index is 2160. The van der Waals surface area contributed by atoms with Crippen molar-refractivity contribution < 1.29 is 0 Å². The molecule has 3 nitrogen and oxygen atoms in total. The molecule has 0 radical (unpaired) electrons. The summed E-state index contributed by atoms with van der Waals surface area (Å²) in [5, 5.41) is 6.27. The molecule has 0 saturated heterocycles. The van der Waals surface area contributed by atoms with Crippen molar-refractivity contribution in [2.75, 3.05) is 0 Å². The predicted octanol–water partition coefficient (Wildman–Crippen LogP) is 9.55. The van der Waals surface area contributed by atoms with Gasteiger partial charge in [0, 0.05) is 53.7 Å². The van der Waals surface area contributed by atoms with Crippen LogP contribution in [0.25, 0.3) is 75.8 Å². The van der Waals surface area contributed by atoms with Crippen LogP contribution in [-0.2, 0) is 0 Å². The summed E-state index contributed by atoms with van der Waals surface area (Å²) in [4.78, 5) is 14.5. The fourth-order valence-electron chi connectivity index (χ4n) is 5.49. The molecule has 4 heterocycles. The second-order valence-corrected chi connectivity index (χ2v) is 10.7. The van der Waals surface area contributed by atoms with Crippen molar-refractivity contribution in [1.29, 1.82) is 0 Å². The van der Waals surface area contributed by atoms with Gasteiger partial charge in [0.1, 0.15) is 0 Å². The summed E-state index contributed by atoms with van der Waals surface area (Å²) in [6.07, 6.45) is 1.80. The first-order valence-electron chi connectivity index (χ1n) is 13.0. The summed E-state index contributed by atoms with van der Waals surface area (Å²) < 4.78 is 2.63. The molecule has 0 aliphatic rings. The highest BCUT2D eigenvalue weighted by Gasteiger charge is 2.16. The first-order chi connectivity index (χ1) is 19.3. The molecule has 0 N–H and O–H groups in total. The minimum atomic E-state index is 0.867. The van der Waals surface area contributed by atoms with Gasteiger partial charge in [0.15, 0.2) is 0 Å². The summed E-state index contributed by atoms with van der Waals surface area (Å²) in [7, 11) is 0. The molecular formula is C35H21N3S. The van der Waals surface area contributed by atoms with E-state index in [9.17, 15) is 0 Å². The van der Waals surface area contributed by atoms with E-state index in [2.05, 4.69) is 89.9 Å². The minimum Gasteiger partial charge on any atom is -0.255 e. The van der Waals surface area contributed by atoms with Crippen LogP contribution < -0.4 is 0 Å². The van der Waals surface area contributed by atoms with Gasteiger partial charge in [-0.1, -0.05) is 84.9 Å². The van der Waals surface area contributed by atoms with Gasteiger partial charge in [0.25, 0.3) is 0 Å². The van der Waals surface area contributed by atoms with Crippen molar-refractivity contribution in [2.45, 2.75) is 0 Å². The van der Waals surface area contributed by atoms with Gasteiger partial charge in [0.05, 0.1) is 28.3 Å². The molecule has 0 fully saturated rings. The van der Waals surface area contributed by atoms with Crippen LogP contribution in [0.1, 0.15) is 0 Å². The lowest BCUT2D eigenvalue weighted by atomic mass is 9.97. The Kier molecular flexibility index (Phi) is 5.00. The fourth-order valence-corrected chi connectivity index (χ4v) is 6.75. The Labute approximate surface area is 229 Å². The molecule has 182 valence electrons. The van der Waals surface area contributed by atoms with Crippen LogP contribution in [0, 0.1) is 0 Å². The smallest absolute Gasteiger partial charge is 0.0893 e. The Morgan fingerprint density at radius 2 is 1.18 bits per heavy atom. The maximum Gasteiger partial charge on any atom is 0.0893 e. The molecule has 8 aromatic rings. The number of hydrogen-bond donors (Lipinski definition) is 0. The second kappa shape index (κ2) is 8.83. The van der Waals surface area contributed by atoms with E-state index in [0.717, 1.165) is 39.4 Å². The highest BCUT2D eigenvalue weighted by Crippen LogP contribution is 2.43. The Hall–Kier alpha value is -4.93.